The number of aliphatic hydroxyl groups is 1. The lowest BCUT2D eigenvalue weighted by molar-refractivity contribution is -0.274. The van der Waals surface area contributed by atoms with Crippen molar-refractivity contribution >= 4 is 28.6 Å². The first-order valence-corrected chi connectivity index (χ1v) is 9.45. The minimum absolute atomic E-state index is 0.222. The fraction of sp³-hybridized carbons (Fsp3) is 0.167. The summed E-state index contributed by atoms with van der Waals surface area (Å²) < 4.78 is 40.2. The van der Waals surface area contributed by atoms with E-state index in [-0.39, 0.29) is 17.9 Å². The Hall–Kier alpha value is -2.36. The van der Waals surface area contributed by atoms with Gasteiger partial charge in [-0.3, -0.25) is 4.79 Å². The molecule has 2 heterocycles. The summed E-state index contributed by atoms with van der Waals surface area (Å²) in [6, 6.07) is 12.0. The number of halogens is 3. The van der Waals surface area contributed by atoms with Gasteiger partial charge in [0, 0.05) is 20.2 Å². The van der Waals surface area contributed by atoms with Crippen LogP contribution in [-0.4, -0.2) is 17.4 Å². The van der Waals surface area contributed by atoms with Gasteiger partial charge in [0.1, 0.15) is 11.9 Å². The van der Waals surface area contributed by atoms with Gasteiger partial charge in [0.15, 0.2) is 0 Å². The van der Waals surface area contributed by atoms with Crippen LogP contribution in [0.1, 0.15) is 31.1 Å². The Labute approximate surface area is 160 Å². The van der Waals surface area contributed by atoms with Crippen molar-refractivity contribution in [2.24, 2.45) is 0 Å². The largest absolute Gasteiger partial charge is 0.573 e. The molecule has 0 radical (unpaired) electrons. The maximum absolute atomic E-state index is 12.1. The zero-order valence-electron chi connectivity index (χ0n) is 13.7. The third kappa shape index (κ3) is 5.31. The second-order valence-electron chi connectivity index (χ2n) is 5.48. The summed E-state index contributed by atoms with van der Waals surface area (Å²) in [5.74, 6) is -0.799. The van der Waals surface area contributed by atoms with Gasteiger partial charge in [-0.05, 0) is 47.8 Å². The third-order valence-electron chi connectivity index (χ3n) is 3.54. The highest BCUT2D eigenvalue weighted by Gasteiger charge is 2.31. The Balaban J connectivity index is 1.56. The van der Waals surface area contributed by atoms with E-state index in [2.05, 4.69) is 10.1 Å². The molecule has 0 aliphatic carbocycles. The molecule has 0 saturated heterocycles. The maximum atomic E-state index is 12.1. The maximum Gasteiger partial charge on any atom is 0.573 e. The highest BCUT2D eigenvalue weighted by molar-refractivity contribution is 7.12. The zero-order chi connectivity index (χ0) is 19.4. The van der Waals surface area contributed by atoms with Gasteiger partial charge in [-0.15, -0.1) is 35.8 Å². The van der Waals surface area contributed by atoms with Crippen molar-refractivity contribution in [1.82, 2.24) is 5.32 Å². The number of hydrogen-bond donors (Lipinski definition) is 2. The van der Waals surface area contributed by atoms with E-state index >= 15 is 0 Å². The molecule has 0 unspecified atom stereocenters. The molecule has 1 atom stereocenters. The van der Waals surface area contributed by atoms with Crippen LogP contribution in [0, 0.1) is 0 Å². The smallest absolute Gasteiger partial charge is 0.406 e. The fourth-order valence-electron chi connectivity index (χ4n) is 2.30. The van der Waals surface area contributed by atoms with Crippen molar-refractivity contribution in [3.05, 3.63) is 74.1 Å². The van der Waals surface area contributed by atoms with Crippen LogP contribution in [0.5, 0.6) is 5.75 Å². The molecular formula is C18H14F3NO3S2. The summed E-state index contributed by atoms with van der Waals surface area (Å²) in [6.07, 6.45) is -5.46. The number of carbonyl (C=O) groups is 1. The number of hydrogen-bond acceptors (Lipinski definition) is 5. The molecule has 9 heteroatoms. The normalized spacial score (nSPS) is 12.6. The first-order chi connectivity index (χ1) is 12.8. The average molecular weight is 413 g/mol. The third-order valence-corrected chi connectivity index (χ3v) is 5.60. The van der Waals surface area contributed by atoms with Gasteiger partial charge in [-0.1, -0.05) is 6.07 Å². The Kier molecular flexibility index (Phi) is 5.83. The van der Waals surface area contributed by atoms with Gasteiger partial charge in [0.05, 0.1) is 6.54 Å². The summed E-state index contributed by atoms with van der Waals surface area (Å²) in [7, 11) is 0. The quantitative estimate of drug-likeness (QED) is 0.615. The van der Waals surface area contributed by atoms with Gasteiger partial charge in [-0.25, -0.2) is 0 Å². The van der Waals surface area contributed by atoms with E-state index in [0.717, 1.165) is 26.8 Å². The van der Waals surface area contributed by atoms with Crippen molar-refractivity contribution in [2.75, 3.05) is 0 Å². The Morgan fingerprint density at radius 1 is 1.11 bits per heavy atom. The number of carbonyl (C=O) groups excluding carboxylic acids is 1. The number of ether oxygens (including phenoxy) is 1. The van der Waals surface area contributed by atoms with Gasteiger partial charge < -0.3 is 15.2 Å². The van der Waals surface area contributed by atoms with Gasteiger partial charge >= 0.3 is 6.36 Å². The van der Waals surface area contributed by atoms with Crippen molar-refractivity contribution in [1.29, 1.82) is 0 Å². The second-order valence-corrected chi connectivity index (χ2v) is 7.66. The van der Waals surface area contributed by atoms with Crippen LogP contribution in [0.2, 0.25) is 0 Å². The fourth-order valence-corrected chi connectivity index (χ4v) is 4.06. The molecule has 1 amide bonds. The number of aliphatic hydroxyl groups excluding tert-OH is 1. The molecule has 2 aromatic heterocycles. The molecule has 4 nitrogen and oxygen atoms in total. The lowest BCUT2D eigenvalue weighted by Crippen LogP contribution is -2.22. The molecular weight excluding hydrogens is 399 g/mol. The van der Waals surface area contributed by atoms with Crippen LogP contribution >= 0.6 is 22.7 Å². The van der Waals surface area contributed by atoms with Gasteiger partial charge in [0.2, 0.25) is 0 Å². The molecule has 1 aromatic carbocycles. The van der Waals surface area contributed by atoms with E-state index in [0.29, 0.717) is 0 Å². The van der Waals surface area contributed by atoms with E-state index < -0.39 is 18.4 Å². The Morgan fingerprint density at radius 3 is 2.48 bits per heavy atom. The predicted octanol–water partition coefficient (Wildman–Crippen LogP) is 4.72. The number of nitrogens with one attached hydrogen (secondary N) is 1. The van der Waals surface area contributed by atoms with Gasteiger partial charge in [0.25, 0.3) is 5.91 Å². The highest BCUT2D eigenvalue weighted by Crippen LogP contribution is 2.31. The van der Waals surface area contributed by atoms with Crippen LogP contribution in [0.4, 0.5) is 13.2 Å². The van der Waals surface area contributed by atoms with Crippen molar-refractivity contribution in [2.45, 2.75) is 19.0 Å². The SMILES string of the molecule is O=C(NCc1ccc([C@H](O)c2cccs2)s1)c1ccc(OC(F)(F)F)cc1. The van der Waals surface area contributed by atoms with Crippen molar-refractivity contribution < 1.29 is 27.8 Å². The van der Waals surface area contributed by atoms with E-state index in [1.165, 1.54) is 34.8 Å². The molecule has 0 aliphatic rings. The van der Waals surface area contributed by atoms with Crippen molar-refractivity contribution in [3.8, 4) is 5.75 Å². The van der Waals surface area contributed by atoms with E-state index in [4.69, 9.17) is 0 Å². The van der Waals surface area contributed by atoms with Crippen LogP contribution in [0.25, 0.3) is 0 Å². The number of rotatable bonds is 6. The highest BCUT2D eigenvalue weighted by atomic mass is 32.1. The number of thiophene rings is 2. The molecule has 0 fully saturated rings. The molecule has 27 heavy (non-hydrogen) atoms. The Morgan fingerprint density at radius 2 is 1.85 bits per heavy atom. The van der Waals surface area contributed by atoms with Gasteiger partial charge in [-0.2, -0.15) is 0 Å². The molecule has 0 spiro atoms. The standard InChI is InChI=1S/C18H14F3NO3S2/c19-18(20,21)25-12-5-3-11(4-6-12)17(24)22-10-13-7-8-15(27-13)16(23)14-2-1-9-26-14/h1-9,16,23H,10H2,(H,22,24)/t16-/m1/s1. The molecule has 2 N–H and O–H groups in total. The minimum atomic E-state index is -4.77. The molecule has 0 saturated carbocycles. The first kappa shape index (κ1) is 19.4. The second kappa shape index (κ2) is 8.12. The summed E-state index contributed by atoms with van der Waals surface area (Å²) in [5, 5.41) is 14.9. The van der Waals surface area contributed by atoms with Crippen molar-refractivity contribution in [3.63, 3.8) is 0 Å². The topological polar surface area (TPSA) is 58.6 Å². The average Bonchev–Trinajstić information content (AvgIpc) is 3.30. The molecule has 142 valence electrons. The number of benzene rings is 1. The van der Waals surface area contributed by atoms with E-state index in [1.807, 2.05) is 23.6 Å². The Bertz CT molecular complexity index is 889. The number of amides is 1. The lowest BCUT2D eigenvalue weighted by atomic mass is 10.2. The summed E-state index contributed by atoms with van der Waals surface area (Å²) in [4.78, 5) is 14.6. The molecule has 3 aromatic rings. The lowest BCUT2D eigenvalue weighted by Gasteiger charge is -2.09. The van der Waals surface area contributed by atoms with E-state index in [9.17, 15) is 23.1 Å². The summed E-state index contributed by atoms with van der Waals surface area (Å²) >= 11 is 2.84. The summed E-state index contributed by atoms with van der Waals surface area (Å²) in [5.41, 5.74) is 0.222. The van der Waals surface area contributed by atoms with Crippen LogP contribution in [0.3, 0.4) is 0 Å². The summed E-state index contributed by atoms with van der Waals surface area (Å²) in [6.45, 7) is 0.251. The van der Waals surface area contributed by atoms with Crippen LogP contribution in [-0.2, 0) is 6.54 Å². The van der Waals surface area contributed by atoms with E-state index in [1.54, 1.807) is 6.07 Å². The molecule has 3 rings (SSSR count). The minimum Gasteiger partial charge on any atom is -0.406 e. The molecule has 0 bridgehead atoms. The number of alkyl halides is 3. The van der Waals surface area contributed by atoms with Crippen LogP contribution in [0.15, 0.2) is 53.9 Å². The molecule has 0 aliphatic heterocycles. The first-order valence-electron chi connectivity index (χ1n) is 7.76. The predicted molar refractivity (Wildman–Crippen MR) is 97.0 cm³/mol. The van der Waals surface area contributed by atoms with Crippen LogP contribution < -0.4 is 10.1 Å². The zero-order valence-corrected chi connectivity index (χ0v) is 15.3. The monoisotopic (exact) mass is 413 g/mol.